The van der Waals surface area contributed by atoms with E-state index >= 15 is 0 Å². The first-order valence-electron chi connectivity index (χ1n) is 11.9. The van der Waals surface area contributed by atoms with Gasteiger partial charge in [-0.1, -0.05) is 0 Å². The number of aromatic nitrogens is 5. The highest BCUT2D eigenvalue weighted by molar-refractivity contribution is 5.94. The van der Waals surface area contributed by atoms with Crippen LogP contribution in [0.5, 0.6) is 5.88 Å². The summed E-state index contributed by atoms with van der Waals surface area (Å²) < 4.78 is 19.4. The second kappa shape index (κ2) is 9.29. The monoisotopic (exact) mass is 493 g/mol. The molecule has 1 atom stereocenters. The van der Waals surface area contributed by atoms with Gasteiger partial charge in [0.25, 0.3) is 5.91 Å². The fraction of sp³-hybridized carbons (Fsp3) is 0.440. The van der Waals surface area contributed by atoms with Gasteiger partial charge >= 0.3 is 0 Å². The van der Waals surface area contributed by atoms with Crippen LogP contribution in [0.25, 0.3) is 11.3 Å². The number of hydrogen-bond acceptors (Lipinski definition) is 7. The molecule has 188 valence electrons. The van der Waals surface area contributed by atoms with Crippen LogP contribution in [0.15, 0.2) is 24.4 Å². The third kappa shape index (κ3) is 4.52. The van der Waals surface area contributed by atoms with Gasteiger partial charge in [-0.15, -0.1) is 0 Å². The molecule has 2 N–H and O–H groups in total. The van der Waals surface area contributed by atoms with Crippen molar-refractivity contribution in [1.82, 2.24) is 35.6 Å². The Balaban J connectivity index is 1.24. The van der Waals surface area contributed by atoms with Gasteiger partial charge in [-0.3, -0.25) is 14.7 Å². The van der Waals surface area contributed by atoms with Gasteiger partial charge in [-0.25, -0.2) is 9.37 Å². The Morgan fingerprint density at radius 3 is 2.78 bits per heavy atom. The molecule has 11 heteroatoms. The number of amides is 2. The molecule has 36 heavy (non-hydrogen) atoms. The number of nitrogens with zero attached hydrogens (tertiary/aromatic N) is 5. The molecular formula is C25H28FN7O3. The lowest BCUT2D eigenvalue weighted by atomic mass is 9.88. The van der Waals surface area contributed by atoms with Gasteiger partial charge in [-0.2, -0.15) is 15.3 Å². The lowest BCUT2D eigenvalue weighted by Crippen LogP contribution is -2.50. The van der Waals surface area contributed by atoms with E-state index in [0.29, 0.717) is 31.6 Å². The zero-order valence-corrected chi connectivity index (χ0v) is 20.5. The topological polar surface area (TPSA) is 126 Å². The fourth-order valence-electron chi connectivity index (χ4n) is 4.93. The van der Waals surface area contributed by atoms with Crippen molar-refractivity contribution in [3.63, 3.8) is 0 Å². The quantitative estimate of drug-likeness (QED) is 0.541. The minimum Gasteiger partial charge on any atom is -0.481 e. The maximum Gasteiger partial charge on any atom is 0.274 e. The largest absolute Gasteiger partial charge is 0.481 e. The number of carbonyl (C=O) groups is 2. The first-order valence-corrected chi connectivity index (χ1v) is 11.9. The molecule has 4 heterocycles. The minimum absolute atomic E-state index is 0.0284. The number of halogens is 1. The van der Waals surface area contributed by atoms with Crippen molar-refractivity contribution in [2.75, 3.05) is 13.7 Å². The number of methoxy groups -OCH3 is 1. The van der Waals surface area contributed by atoms with Gasteiger partial charge in [-0.05, 0) is 57.2 Å². The smallest absolute Gasteiger partial charge is 0.274 e. The van der Waals surface area contributed by atoms with Crippen molar-refractivity contribution in [2.24, 2.45) is 5.92 Å². The van der Waals surface area contributed by atoms with Crippen LogP contribution in [-0.2, 0) is 11.3 Å². The Labute approximate surface area is 207 Å². The standard InChI is InChI=1S/C25H28FN7O3/c1-14-8-15(2)29-32-21(14)13-28-23(34)16-4-7-33(25(11-16)5-6-25)24(35)20-10-19(30-31-20)17-9-22(36-3)27-12-18(17)26/h8-10,12,16H,4-7,11,13H2,1-3H3,(H,28,34)(H,30,31)/t16-/m0/s1. The number of aromatic amines is 1. The highest BCUT2D eigenvalue weighted by atomic mass is 19.1. The summed E-state index contributed by atoms with van der Waals surface area (Å²) in [6.07, 6.45) is 3.93. The zero-order chi connectivity index (χ0) is 25.4. The summed E-state index contributed by atoms with van der Waals surface area (Å²) in [5, 5.41) is 18.2. The number of nitrogens with one attached hydrogen (secondary N) is 2. The first-order chi connectivity index (χ1) is 17.3. The molecule has 2 amide bonds. The number of hydrogen-bond donors (Lipinski definition) is 2. The van der Waals surface area contributed by atoms with Gasteiger partial charge in [0.1, 0.15) is 0 Å². The Morgan fingerprint density at radius 1 is 1.25 bits per heavy atom. The number of H-pyrrole nitrogens is 1. The average molecular weight is 494 g/mol. The Morgan fingerprint density at radius 2 is 2.06 bits per heavy atom. The van der Waals surface area contributed by atoms with E-state index in [2.05, 4.69) is 30.7 Å². The molecule has 2 fully saturated rings. The van der Waals surface area contributed by atoms with Crippen LogP contribution in [0.2, 0.25) is 0 Å². The lowest BCUT2D eigenvalue weighted by molar-refractivity contribution is -0.127. The molecule has 1 saturated carbocycles. The van der Waals surface area contributed by atoms with E-state index in [1.54, 1.807) is 6.07 Å². The second-order valence-electron chi connectivity index (χ2n) is 9.58. The Kier molecular flexibility index (Phi) is 6.15. The van der Waals surface area contributed by atoms with E-state index in [4.69, 9.17) is 4.74 Å². The number of pyridine rings is 1. The number of rotatable bonds is 6. The van der Waals surface area contributed by atoms with E-state index in [9.17, 15) is 14.0 Å². The Hall–Kier alpha value is -3.89. The van der Waals surface area contributed by atoms with Crippen molar-refractivity contribution < 1.29 is 18.7 Å². The molecule has 1 spiro atoms. The first kappa shape index (κ1) is 23.8. The summed E-state index contributed by atoms with van der Waals surface area (Å²) in [4.78, 5) is 32.0. The normalized spacial score (nSPS) is 18.2. The molecule has 1 aliphatic carbocycles. The predicted octanol–water partition coefficient (Wildman–Crippen LogP) is 2.73. The van der Waals surface area contributed by atoms with Crippen molar-refractivity contribution in [3.8, 4) is 17.1 Å². The van der Waals surface area contributed by atoms with Crippen LogP contribution in [-0.4, -0.2) is 61.3 Å². The molecule has 1 aliphatic heterocycles. The summed E-state index contributed by atoms with van der Waals surface area (Å²) in [7, 11) is 1.45. The third-order valence-electron chi connectivity index (χ3n) is 7.11. The maximum atomic E-state index is 14.3. The van der Waals surface area contributed by atoms with E-state index in [1.807, 2.05) is 24.8 Å². The Bertz CT molecular complexity index is 1320. The molecule has 0 bridgehead atoms. The molecule has 0 aromatic carbocycles. The number of ether oxygens (including phenoxy) is 1. The van der Waals surface area contributed by atoms with E-state index in [-0.39, 0.29) is 40.4 Å². The van der Waals surface area contributed by atoms with Gasteiger partial charge in [0, 0.05) is 29.6 Å². The molecule has 2 aliphatic rings. The third-order valence-corrected chi connectivity index (χ3v) is 7.11. The minimum atomic E-state index is -0.546. The van der Waals surface area contributed by atoms with Crippen LogP contribution < -0.4 is 10.1 Å². The highest BCUT2D eigenvalue weighted by Crippen LogP contribution is 2.50. The van der Waals surface area contributed by atoms with Crippen LogP contribution in [0.4, 0.5) is 4.39 Å². The van der Waals surface area contributed by atoms with Crippen LogP contribution in [0, 0.1) is 25.6 Å². The second-order valence-corrected chi connectivity index (χ2v) is 9.58. The SMILES string of the molecule is COc1cc(-c2cc(C(=O)N3CC[C@H](C(=O)NCc4nnc(C)cc4C)CC34CC4)n[nH]2)c(F)cn1. The number of piperidine rings is 1. The van der Waals surface area contributed by atoms with Crippen molar-refractivity contribution in [2.45, 2.75) is 51.6 Å². The fourth-order valence-corrected chi connectivity index (χ4v) is 4.93. The van der Waals surface area contributed by atoms with Crippen molar-refractivity contribution >= 4 is 11.8 Å². The molecule has 0 unspecified atom stereocenters. The number of carbonyl (C=O) groups excluding carboxylic acids is 2. The molecule has 10 nitrogen and oxygen atoms in total. The van der Waals surface area contributed by atoms with Crippen LogP contribution in [0.1, 0.15) is 53.1 Å². The van der Waals surface area contributed by atoms with E-state index in [1.165, 1.54) is 13.2 Å². The molecule has 1 saturated heterocycles. The molecule has 0 radical (unpaired) electrons. The summed E-state index contributed by atoms with van der Waals surface area (Å²) in [5.41, 5.74) is 3.04. The number of likely N-dealkylation sites (tertiary alicyclic amines) is 1. The highest BCUT2D eigenvalue weighted by Gasteiger charge is 2.54. The van der Waals surface area contributed by atoms with Crippen molar-refractivity contribution in [1.29, 1.82) is 0 Å². The summed E-state index contributed by atoms with van der Waals surface area (Å²) in [6.45, 7) is 4.62. The molecular weight excluding hydrogens is 465 g/mol. The molecule has 5 rings (SSSR count). The predicted molar refractivity (Wildman–Crippen MR) is 127 cm³/mol. The average Bonchev–Trinajstić information content (AvgIpc) is 3.44. The van der Waals surface area contributed by atoms with Crippen LogP contribution in [0.3, 0.4) is 0 Å². The van der Waals surface area contributed by atoms with Gasteiger partial charge in [0.05, 0.1) is 36.9 Å². The molecule has 3 aromatic heterocycles. The van der Waals surface area contributed by atoms with Gasteiger partial charge < -0.3 is 15.0 Å². The van der Waals surface area contributed by atoms with Gasteiger partial charge in [0.2, 0.25) is 11.8 Å². The van der Waals surface area contributed by atoms with E-state index < -0.39 is 5.82 Å². The zero-order valence-electron chi connectivity index (χ0n) is 20.5. The summed E-state index contributed by atoms with van der Waals surface area (Å²) >= 11 is 0. The summed E-state index contributed by atoms with van der Waals surface area (Å²) in [6, 6.07) is 4.94. The van der Waals surface area contributed by atoms with Crippen molar-refractivity contribution in [3.05, 3.63) is 52.9 Å². The van der Waals surface area contributed by atoms with E-state index in [0.717, 1.165) is 36.0 Å². The maximum absolute atomic E-state index is 14.3. The summed E-state index contributed by atoms with van der Waals surface area (Å²) in [5.74, 6) is -0.713. The van der Waals surface area contributed by atoms with Gasteiger partial charge in [0.15, 0.2) is 11.5 Å². The van der Waals surface area contributed by atoms with Crippen LogP contribution >= 0.6 is 0 Å². The molecule has 3 aromatic rings. The number of aryl methyl sites for hydroxylation is 2. The lowest BCUT2D eigenvalue weighted by Gasteiger charge is -2.39.